The molecule has 92 valence electrons. The summed E-state index contributed by atoms with van der Waals surface area (Å²) in [7, 11) is -4.15. The molecule has 0 fully saturated rings. The minimum absolute atomic E-state index is 0.490. The molecule has 0 aliphatic rings. The Balaban J connectivity index is 0.000000385. The smallest absolute Gasteiger partial charge is 0.478 e. The van der Waals surface area contributed by atoms with Gasteiger partial charge >= 0.3 is 13.2 Å². The zero-order valence-electron chi connectivity index (χ0n) is 8.65. The van der Waals surface area contributed by atoms with E-state index >= 15 is 0 Å². The van der Waals surface area contributed by atoms with Crippen molar-refractivity contribution < 1.29 is 31.7 Å². The lowest BCUT2D eigenvalue weighted by molar-refractivity contribution is -0.706. The summed E-state index contributed by atoms with van der Waals surface area (Å²) in [5.41, 5.74) is 0. The molecule has 1 N–H and O–H groups in total. The maximum absolute atomic E-state index is 10.5. The van der Waals surface area contributed by atoms with Gasteiger partial charge in [0.1, 0.15) is 12.4 Å². The van der Waals surface area contributed by atoms with Crippen LogP contribution >= 0.6 is 0 Å². The molecule has 0 spiro atoms. The lowest BCUT2D eigenvalue weighted by Crippen LogP contribution is -2.40. The highest BCUT2D eigenvalue weighted by Crippen LogP contribution is 2.06. The summed E-state index contributed by atoms with van der Waals surface area (Å²) in [5, 5.41) is 8.61. The molecule has 0 saturated carbocycles. The average Bonchev–Trinajstić information content (AvgIpc) is 2.47. The summed E-state index contributed by atoms with van der Waals surface area (Å²) in [6, 6.07) is -0.490. The molecule has 0 amide bonds. The maximum atomic E-state index is 10.5. The minimum atomic E-state index is -6.00. The SMILES string of the molecule is CC(C(=O)O)[n+]1ccn(C)c1.F[B-](F)(F)F. The molecular weight excluding hydrogens is 231 g/mol. The molecule has 9 heteroatoms. The van der Waals surface area contributed by atoms with E-state index < -0.39 is 19.3 Å². The van der Waals surface area contributed by atoms with Crippen LogP contribution in [0.5, 0.6) is 0 Å². The largest absolute Gasteiger partial charge is 0.673 e. The van der Waals surface area contributed by atoms with Crippen molar-refractivity contribution in [2.24, 2.45) is 7.05 Å². The number of nitrogens with zero attached hydrogens (tertiary/aromatic N) is 2. The first-order chi connectivity index (χ1) is 7.11. The van der Waals surface area contributed by atoms with Gasteiger partial charge in [0.25, 0.3) is 0 Å². The average molecular weight is 242 g/mol. The Bertz CT molecular complexity index is 346. The Hall–Kier alpha value is -1.54. The molecule has 1 aromatic heterocycles. The summed E-state index contributed by atoms with van der Waals surface area (Å²) in [4.78, 5) is 10.5. The summed E-state index contributed by atoms with van der Waals surface area (Å²) in [6.45, 7) is 1.64. The van der Waals surface area contributed by atoms with Gasteiger partial charge in [-0.1, -0.05) is 0 Å². The molecule has 16 heavy (non-hydrogen) atoms. The van der Waals surface area contributed by atoms with Crippen LogP contribution in [0.1, 0.15) is 13.0 Å². The molecule has 0 aromatic carbocycles. The summed E-state index contributed by atoms with van der Waals surface area (Å²) in [6.07, 6.45) is 5.27. The van der Waals surface area contributed by atoms with Crippen LogP contribution in [0, 0.1) is 0 Å². The molecule has 1 rings (SSSR count). The second kappa shape index (κ2) is 5.52. The Labute approximate surface area is 89.2 Å². The van der Waals surface area contributed by atoms with Gasteiger partial charge in [0.15, 0.2) is 6.04 Å². The number of aryl methyl sites for hydroxylation is 1. The molecule has 0 radical (unpaired) electrons. The van der Waals surface area contributed by atoms with Crippen LogP contribution < -0.4 is 4.57 Å². The first-order valence-corrected chi connectivity index (χ1v) is 4.24. The van der Waals surface area contributed by atoms with Crippen molar-refractivity contribution in [1.82, 2.24) is 4.57 Å². The summed E-state index contributed by atoms with van der Waals surface area (Å²) >= 11 is 0. The van der Waals surface area contributed by atoms with E-state index in [1.54, 1.807) is 34.8 Å². The number of aromatic nitrogens is 2. The number of hydrogen-bond donors (Lipinski definition) is 1. The van der Waals surface area contributed by atoms with Gasteiger partial charge in [-0.2, -0.15) is 0 Å². The van der Waals surface area contributed by atoms with Gasteiger partial charge in [0, 0.05) is 0 Å². The molecular formula is C7H11BF4N2O2. The zero-order valence-corrected chi connectivity index (χ0v) is 8.65. The first-order valence-electron chi connectivity index (χ1n) is 4.24. The van der Waals surface area contributed by atoms with Crippen LogP contribution in [0.3, 0.4) is 0 Å². The van der Waals surface area contributed by atoms with E-state index in [1.165, 1.54) is 0 Å². The lowest BCUT2D eigenvalue weighted by atomic mass is 10.3. The van der Waals surface area contributed by atoms with Crippen LogP contribution in [-0.2, 0) is 11.8 Å². The topological polar surface area (TPSA) is 46.1 Å². The van der Waals surface area contributed by atoms with Crippen LogP contribution in [-0.4, -0.2) is 22.9 Å². The number of carboxylic acids is 1. The minimum Gasteiger partial charge on any atom is -0.478 e. The highest BCUT2D eigenvalue weighted by Gasteiger charge is 2.20. The third-order valence-corrected chi connectivity index (χ3v) is 1.59. The van der Waals surface area contributed by atoms with Gasteiger partial charge in [0.05, 0.1) is 7.05 Å². The number of halogens is 4. The number of hydrogen-bond acceptors (Lipinski definition) is 1. The van der Waals surface area contributed by atoms with Gasteiger partial charge < -0.3 is 22.4 Å². The zero-order chi connectivity index (χ0) is 12.9. The summed E-state index contributed by atoms with van der Waals surface area (Å²) < 4.78 is 42.4. The van der Waals surface area contributed by atoms with Gasteiger partial charge in [-0.3, -0.25) is 0 Å². The van der Waals surface area contributed by atoms with Crippen molar-refractivity contribution in [2.75, 3.05) is 0 Å². The van der Waals surface area contributed by atoms with E-state index in [0.717, 1.165) is 0 Å². The van der Waals surface area contributed by atoms with Crippen LogP contribution in [0.2, 0.25) is 0 Å². The van der Waals surface area contributed by atoms with Crippen molar-refractivity contribution >= 4 is 13.2 Å². The van der Waals surface area contributed by atoms with Crippen LogP contribution in [0.25, 0.3) is 0 Å². The quantitative estimate of drug-likeness (QED) is 0.482. The first kappa shape index (κ1) is 14.5. The molecule has 1 atom stereocenters. The third-order valence-electron chi connectivity index (χ3n) is 1.59. The van der Waals surface area contributed by atoms with E-state index in [1.807, 2.05) is 7.05 Å². The van der Waals surface area contributed by atoms with Gasteiger partial charge in [-0.25, -0.2) is 13.9 Å². The number of rotatable bonds is 2. The van der Waals surface area contributed by atoms with Crippen molar-refractivity contribution in [3.05, 3.63) is 18.7 Å². The lowest BCUT2D eigenvalue weighted by Gasteiger charge is -1.98. The molecule has 1 unspecified atom stereocenters. The highest BCUT2D eigenvalue weighted by atomic mass is 19.5. The second-order valence-corrected chi connectivity index (χ2v) is 3.04. The fourth-order valence-corrected chi connectivity index (χ4v) is 0.826. The highest BCUT2D eigenvalue weighted by molar-refractivity contribution is 6.50. The van der Waals surface area contributed by atoms with Crippen LogP contribution in [0.4, 0.5) is 17.3 Å². The molecule has 0 aliphatic heterocycles. The summed E-state index contributed by atoms with van der Waals surface area (Å²) in [5.74, 6) is -0.818. The normalized spacial score (nSPS) is 12.6. The Morgan fingerprint density at radius 3 is 2.12 bits per heavy atom. The second-order valence-electron chi connectivity index (χ2n) is 3.04. The molecule has 1 aromatic rings. The standard InChI is InChI=1S/C7H10N2O2.BF4/c1-6(7(10)11)9-4-3-8(2)5-9;2-1(3,4)5/h3-6H,1-2H3;/q;-1/p+1. The molecule has 4 nitrogen and oxygen atoms in total. The van der Waals surface area contributed by atoms with E-state index in [0.29, 0.717) is 0 Å². The number of carboxylic acid groups (broad SMARTS) is 1. The van der Waals surface area contributed by atoms with E-state index in [4.69, 9.17) is 5.11 Å². The third kappa shape index (κ3) is 6.85. The number of imidazole rings is 1. The molecule has 1 heterocycles. The fourth-order valence-electron chi connectivity index (χ4n) is 0.826. The number of aliphatic carboxylic acids is 1. The van der Waals surface area contributed by atoms with Crippen molar-refractivity contribution in [3.8, 4) is 0 Å². The maximum Gasteiger partial charge on any atom is 0.673 e. The van der Waals surface area contributed by atoms with E-state index in [-0.39, 0.29) is 0 Å². The molecule has 0 saturated heterocycles. The van der Waals surface area contributed by atoms with Gasteiger partial charge in [-0.15, -0.1) is 0 Å². The predicted molar refractivity (Wildman–Crippen MR) is 48.1 cm³/mol. The Morgan fingerprint density at radius 1 is 1.44 bits per heavy atom. The predicted octanol–water partition coefficient (Wildman–Crippen LogP) is 1.26. The fraction of sp³-hybridized carbons (Fsp3) is 0.429. The number of carbonyl (C=O) groups is 1. The molecule has 0 aliphatic carbocycles. The monoisotopic (exact) mass is 242 g/mol. The van der Waals surface area contributed by atoms with Crippen LogP contribution in [0.15, 0.2) is 18.7 Å². The van der Waals surface area contributed by atoms with E-state index in [9.17, 15) is 22.1 Å². The molecule has 0 bridgehead atoms. The Morgan fingerprint density at radius 2 is 1.88 bits per heavy atom. The van der Waals surface area contributed by atoms with Crippen molar-refractivity contribution in [2.45, 2.75) is 13.0 Å². The van der Waals surface area contributed by atoms with Crippen molar-refractivity contribution in [1.29, 1.82) is 0 Å². The van der Waals surface area contributed by atoms with Gasteiger partial charge in [0.2, 0.25) is 6.33 Å². The van der Waals surface area contributed by atoms with E-state index in [2.05, 4.69) is 0 Å². The van der Waals surface area contributed by atoms with Crippen molar-refractivity contribution in [3.63, 3.8) is 0 Å². The van der Waals surface area contributed by atoms with Gasteiger partial charge in [-0.05, 0) is 6.92 Å². The Kier molecular flexibility index (Phi) is 4.99.